The number of halogens is 1. The predicted molar refractivity (Wildman–Crippen MR) is 126 cm³/mol. The topological polar surface area (TPSA) is 60.0 Å². The molecule has 0 bridgehead atoms. The van der Waals surface area contributed by atoms with E-state index in [0.29, 0.717) is 18.0 Å². The van der Waals surface area contributed by atoms with Crippen LogP contribution in [-0.2, 0) is 4.79 Å². The van der Waals surface area contributed by atoms with E-state index in [1.807, 2.05) is 0 Å². The standard InChI is InChI=1S/C21H39N5O.HI/c1-3-22-21(23-15-19-11-8-13-25(19)4-2)24-18-12-14-26(16-18)20(27)17-9-6-5-7-10-17;/h17-19H,3-16H2,1-2H3,(H2,22,23,24);1H. The molecule has 3 rings (SSSR count). The average molecular weight is 505 g/mol. The first-order chi connectivity index (χ1) is 13.2. The molecule has 6 nitrogen and oxygen atoms in total. The molecule has 0 aromatic heterocycles. The van der Waals surface area contributed by atoms with Gasteiger partial charge in [-0.25, -0.2) is 0 Å². The van der Waals surface area contributed by atoms with Crippen molar-refractivity contribution in [2.45, 2.75) is 77.3 Å². The Labute approximate surface area is 188 Å². The molecule has 2 N–H and O–H groups in total. The van der Waals surface area contributed by atoms with Gasteiger partial charge in [0.1, 0.15) is 0 Å². The van der Waals surface area contributed by atoms with Crippen LogP contribution in [0.25, 0.3) is 0 Å². The van der Waals surface area contributed by atoms with E-state index in [1.54, 1.807) is 0 Å². The Hall–Kier alpha value is -0.570. The molecule has 2 unspecified atom stereocenters. The minimum absolute atomic E-state index is 0. The number of aliphatic imine (C=N–C) groups is 1. The van der Waals surface area contributed by atoms with Gasteiger partial charge in [0.2, 0.25) is 5.91 Å². The summed E-state index contributed by atoms with van der Waals surface area (Å²) in [7, 11) is 0. The number of carbonyl (C=O) groups excluding carboxylic acids is 1. The van der Waals surface area contributed by atoms with Crippen molar-refractivity contribution in [3.05, 3.63) is 0 Å². The molecule has 2 aliphatic heterocycles. The van der Waals surface area contributed by atoms with Crippen LogP contribution in [-0.4, -0.2) is 73.0 Å². The highest BCUT2D eigenvalue weighted by molar-refractivity contribution is 14.0. The molecule has 7 heteroatoms. The summed E-state index contributed by atoms with van der Waals surface area (Å²) in [5, 5.41) is 6.98. The minimum atomic E-state index is 0. The van der Waals surface area contributed by atoms with E-state index in [1.165, 1.54) is 38.6 Å². The number of hydrogen-bond donors (Lipinski definition) is 2. The third-order valence-corrected chi connectivity index (χ3v) is 6.50. The Kier molecular flexibility index (Phi) is 10.3. The molecule has 162 valence electrons. The molecule has 1 amide bonds. The van der Waals surface area contributed by atoms with Crippen molar-refractivity contribution in [1.82, 2.24) is 20.4 Å². The van der Waals surface area contributed by atoms with Gasteiger partial charge >= 0.3 is 0 Å². The molecule has 2 heterocycles. The number of amides is 1. The minimum Gasteiger partial charge on any atom is -0.357 e. The number of likely N-dealkylation sites (N-methyl/N-ethyl adjacent to an activating group) is 1. The van der Waals surface area contributed by atoms with E-state index in [-0.39, 0.29) is 29.9 Å². The second kappa shape index (κ2) is 12.2. The molecule has 0 radical (unpaired) electrons. The summed E-state index contributed by atoms with van der Waals surface area (Å²) in [5.41, 5.74) is 0. The summed E-state index contributed by atoms with van der Waals surface area (Å²) >= 11 is 0. The fraction of sp³-hybridized carbons (Fsp3) is 0.905. The van der Waals surface area contributed by atoms with Crippen molar-refractivity contribution in [3.63, 3.8) is 0 Å². The highest BCUT2D eigenvalue weighted by Gasteiger charge is 2.32. The summed E-state index contributed by atoms with van der Waals surface area (Å²) < 4.78 is 0. The molecule has 0 aromatic rings. The first-order valence-corrected chi connectivity index (χ1v) is 11.3. The molecule has 2 atom stereocenters. The maximum atomic E-state index is 12.8. The maximum absolute atomic E-state index is 12.8. The monoisotopic (exact) mass is 505 g/mol. The van der Waals surface area contributed by atoms with Crippen LogP contribution < -0.4 is 10.6 Å². The fourth-order valence-electron chi connectivity index (χ4n) is 4.91. The van der Waals surface area contributed by atoms with E-state index < -0.39 is 0 Å². The Morgan fingerprint density at radius 2 is 1.82 bits per heavy atom. The zero-order valence-corrected chi connectivity index (χ0v) is 20.1. The first kappa shape index (κ1) is 23.7. The number of likely N-dealkylation sites (tertiary alicyclic amines) is 2. The third-order valence-electron chi connectivity index (χ3n) is 6.50. The van der Waals surface area contributed by atoms with Crippen molar-refractivity contribution >= 4 is 35.8 Å². The van der Waals surface area contributed by atoms with Crippen LogP contribution in [0.2, 0.25) is 0 Å². The lowest BCUT2D eigenvalue weighted by atomic mass is 9.88. The molecule has 1 aliphatic carbocycles. The van der Waals surface area contributed by atoms with Crippen LogP contribution in [0, 0.1) is 5.92 Å². The van der Waals surface area contributed by atoms with Gasteiger partial charge in [-0.15, -0.1) is 24.0 Å². The Balaban J connectivity index is 0.00000280. The molecular weight excluding hydrogens is 465 g/mol. The Morgan fingerprint density at radius 1 is 1.04 bits per heavy atom. The van der Waals surface area contributed by atoms with Gasteiger partial charge < -0.3 is 15.5 Å². The van der Waals surface area contributed by atoms with Gasteiger partial charge in [0.25, 0.3) is 0 Å². The quantitative estimate of drug-likeness (QED) is 0.331. The summed E-state index contributed by atoms with van der Waals surface area (Å²) in [6.07, 6.45) is 9.49. The smallest absolute Gasteiger partial charge is 0.225 e. The van der Waals surface area contributed by atoms with E-state index >= 15 is 0 Å². The molecule has 3 aliphatic rings. The van der Waals surface area contributed by atoms with Gasteiger partial charge in [0, 0.05) is 37.6 Å². The highest BCUT2D eigenvalue weighted by Crippen LogP contribution is 2.26. The van der Waals surface area contributed by atoms with Crippen LogP contribution in [0.5, 0.6) is 0 Å². The normalized spacial score (nSPS) is 26.9. The van der Waals surface area contributed by atoms with Crippen LogP contribution in [0.3, 0.4) is 0 Å². The van der Waals surface area contributed by atoms with Crippen LogP contribution in [0.1, 0.15) is 65.2 Å². The summed E-state index contributed by atoms with van der Waals surface area (Å²) in [4.78, 5) is 22.3. The van der Waals surface area contributed by atoms with Crippen molar-refractivity contribution in [3.8, 4) is 0 Å². The number of nitrogens with zero attached hydrogens (tertiary/aromatic N) is 3. The second-order valence-corrected chi connectivity index (χ2v) is 8.39. The van der Waals surface area contributed by atoms with Crippen LogP contribution >= 0.6 is 24.0 Å². The highest BCUT2D eigenvalue weighted by atomic mass is 127. The van der Waals surface area contributed by atoms with Gasteiger partial charge in [-0.05, 0) is 52.1 Å². The average Bonchev–Trinajstić information content (AvgIpc) is 3.35. The van der Waals surface area contributed by atoms with E-state index in [9.17, 15) is 4.79 Å². The zero-order valence-electron chi connectivity index (χ0n) is 17.8. The van der Waals surface area contributed by atoms with Gasteiger partial charge in [-0.2, -0.15) is 0 Å². The van der Waals surface area contributed by atoms with Crippen molar-refractivity contribution in [1.29, 1.82) is 0 Å². The Morgan fingerprint density at radius 3 is 2.54 bits per heavy atom. The van der Waals surface area contributed by atoms with Crippen molar-refractivity contribution in [2.75, 3.05) is 39.3 Å². The fourth-order valence-corrected chi connectivity index (χ4v) is 4.91. The van der Waals surface area contributed by atoms with Crippen LogP contribution in [0.4, 0.5) is 0 Å². The molecule has 1 saturated carbocycles. The van der Waals surface area contributed by atoms with Gasteiger partial charge in [0.15, 0.2) is 5.96 Å². The number of nitrogens with one attached hydrogen (secondary N) is 2. The molecule has 0 spiro atoms. The number of hydrogen-bond acceptors (Lipinski definition) is 3. The lowest BCUT2D eigenvalue weighted by molar-refractivity contribution is -0.135. The molecule has 3 fully saturated rings. The molecular formula is C21H40IN5O. The summed E-state index contributed by atoms with van der Waals surface area (Å²) in [5.74, 6) is 1.59. The van der Waals surface area contributed by atoms with E-state index in [0.717, 1.165) is 57.9 Å². The lowest BCUT2D eigenvalue weighted by Crippen LogP contribution is -2.46. The first-order valence-electron chi connectivity index (χ1n) is 11.3. The van der Waals surface area contributed by atoms with Gasteiger partial charge in [-0.3, -0.25) is 14.7 Å². The molecule has 2 saturated heterocycles. The lowest BCUT2D eigenvalue weighted by Gasteiger charge is -2.26. The van der Waals surface area contributed by atoms with E-state index in [4.69, 9.17) is 4.99 Å². The summed E-state index contributed by atoms with van der Waals surface area (Å²) in [6.45, 7) is 10.1. The zero-order chi connectivity index (χ0) is 19.1. The number of rotatable bonds is 6. The van der Waals surface area contributed by atoms with Crippen molar-refractivity contribution < 1.29 is 4.79 Å². The molecule has 0 aromatic carbocycles. The largest absolute Gasteiger partial charge is 0.357 e. The molecule has 28 heavy (non-hydrogen) atoms. The van der Waals surface area contributed by atoms with E-state index in [2.05, 4.69) is 34.3 Å². The van der Waals surface area contributed by atoms with Crippen LogP contribution in [0.15, 0.2) is 4.99 Å². The maximum Gasteiger partial charge on any atom is 0.225 e. The summed E-state index contributed by atoms with van der Waals surface area (Å²) in [6, 6.07) is 0.902. The number of carbonyl (C=O) groups is 1. The van der Waals surface area contributed by atoms with Gasteiger partial charge in [-0.1, -0.05) is 26.2 Å². The Bertz CT molecular complexity index is 509. The van der Waals surface area contributed by atoms with Gasteiger partial charge in [0.05, 0.1) is 6.54 Å². The van der Waals surface area contributed by atoms with Crippen molar-refractivity contribution in [2.24, 2.45) is 10.9 Å². The number of guanidine groups is 1. The SMILES string of the molecule is CCNC(=NCC1CCCN1CC)NC1CCN(C(=O)C2CCCCC2)C1.I. The second-order valence-electron chi connectivity index (χ2n) is 8.39. The predicted octanol–water partition coefficient (Wildman–Crippen LogP) is 2.83. The third kappa shape index (κ3) is 6.47.